The lowest BCUT2D eigenvalue weighted by molar-refractivity contribution is 0.0342. The molecule has 2 amide bonds. The van der Waals surface area contributed by atoms with Crippen molar-refractivity contribution in [1.29, 1.82) is 0 Å². The molecule has 7 nitrogen and oxygen atoms in total. The standard InChI is InChI=1S/C24H29N3O4/c28-23(19-6-3-5-18(15-19)17-27-10-13-30-14-11-27)26-22-9-2-1-8-21(22)24(29)25-16-20-7-4-12-31-20/h1-3,5-6,8-9,15,20H,4,7,10-14,16-17H2,(H,25,29)(H,26,28)/t20-/m0/s1. The van der Waals surface area contributed by atoms with Gasteiger partial charge in [0, 0.05) is 38.3 Å². The molecular formula is C24H29N3O4. The summed E-state index contributed by atoms with van der Waals surface area (Å²) in [5.74, 6) is -0.448. The minimum atomic E-state index is -0.233. The lowest BCUT2D eigenvalue weighted by Crippen LogP contribution is -2.35. The molecule has 0 bridgehead atoms. The predicted octanol–water partition coefficient (Wildman–Crippen LogP) is 2.68. The fourth-order valence-corrected chi connectivity index (χ4v) is 3.92. The van der Waals surface area contributed by atoms with Crippen LogP contribution >= 0.6 is 0 Å². The first kappa shape index (κ1) is 21.5. The van der Waals surface area contributed by atoms with Gasteiger partial charge in [-0.25, -0.2) is 0 Å². The lowest BCUT2D eigenvalue weighted by atomic mass is 10.1. The molecule has 7 heteroatoms. The number of nitrogens with one attached hydrogen (secondary N) is 2. The monoisotopic (exact) mass is 423 g/mol. The molecule has 0 saturated carbocycles. The molecule has 0 aliphatic carbocycles. The molecule has 2 fully saturated rings. The van der Waals surface area contributed by atoms with Crippen molar-refractivity contribution in [3.63, 3.8) is 0 Å². The van der Waals surface area contributed by atoms with Gasteiger partial charge in [0.2, 0.25) is 0 Å². The number of anilines is 1. The van der Waals surface area contributed by atoms with Gasteiger partial charge in [-0.2, -0.15) is 0 Å². The quantitative estimate of drug-likeness (QED) is 0.716. The van der Waals surface area contributed by atoms with Gasteiger partial charge in [0.1, 0.15) is 0 Å². The van der Waals surface area contributed by atoms with Crippen molar-refractivity contribution in [2.45, 2.75) is 25.5 Å². The molecule has 2 aliphatic rings. The molecule has 0 spiro atoms. The van der Waals surface area contributed by atoms with E-state index in [1.165, 1.54) is 0 Å². The number of amides is 2. The minimum Gasteiger partial charge on any atom is -0.379 e. The van der Waals surface area contributed by atoms with Crippen molar-refractivity contribution in [3.05, 3.63) is 65.2 Å². The number of carbonyl (C=O) groups excluding carboxylic acids is 2. The maximum atomic E-state index is 12.9. The van der Waals surface area contributed by atoms with E-state index in [1.807, 2.05) is 18.2 Å². The number of rotatable bonds is 7. The van der Waals surface area contributed by atoms with Crippen molar-refractivity contribution < 1.29 is 19.1 Å². The van der Waals surface area contributed by atoms with Crippen molar-refractivity contribution in [1.82, 2.24) is 10.2 Å². The summed E-state index contributed by atoms with van der Waals surface area (Å²) in [6.07, 6.45) is 2.05. The smallest absolute Gasteiger partial charge is 0.255 e. The summed E-state index contributed by atoms with van der Waals surface area (Å²) in [4.78, 5) is 27.9. The van der Waals surface area contributed by atoms with E-state index in [9.17, 15) is 9.59 Å². The van der Waals surface area contributed by atoms with Crippen LogP contribution in [-0.2, 0) is 16.0 Å². The zero-order valence-electron chi connectivity index (χ0n) is 17.6. The molecule has 2 aliphatic heterocycles. The number of para-hydroxylation sites is 1. The third-order valence-electron chi connectivity index (χ3n) is 5.63. The first-order chi connectivity index (χ1) is 15.2. The second-order valence-corrected chi connectivity index (χ2v) is 7.93. The van der Waals surface area contributed by atoms with Crippen LogP contribution in [0.25, 0.3) is 0 Å². The van der Waals surface area contributed by atoms with Crippen LogP contribution in [0, 0.1) is 0 Å². The Balaban J connectivity index is 1.40. The molecule has 1 atom stereocenters. The van der Waals surface area contributed by atoms with Crippen LogP contribution in [0.3, 0.4) is 0 Å². The third kappa shape index (κ3) is 5.91. The number of hydrogen-bond donors (Lipinski definition) is 2. The van der Waals surface area contributed by atoms with Crippen LogP contribution in [0.15, 0.2) is 48.5 Å². The molecule has 2 aromatic rings. The fraction of sp³-hybridized carbons (Fsp3) is 0.417. The van der Waals surface area contributed by atoms with E-state index in [0.717, 1.165) is 57.9 Å². The van der Waals surface area contributed by atoms with Crippen molar-refractivity contribution in [2.24, 2.45) is 0 Å². The number of benzene rings is 2. The molecule has 2 aromatic carbocycles. The highest BCUT2D eigenvalue weighted by molar-refractivity contribution is 6.09. The van der Waals surface area contributed by atoms with Crippen molar-refractivity contribution >= 4 is 17.5 Å². The molecule has 2 saturated heterocycles. The summed E-state index contributed by atoms with van der Waals surface area (Å²) in [5.41, 5.74) is 2.59. The van der Waals surface area contributed by atoms with E-state index in [4.69, 9.17) is 9.47 Å². The van der Waals surface area contributed by atoms with Crippen molar-refractivity contribution in [3.8, 4) is 0 Å². The van der Waals surface area contributed by atoms with E-state index in [1.54, 1.807) is 30.3 Å². The van der Waals surface area contributed by atoms with Gasteiger partial charge in [-0.05, 0) is 42.7 Å². The van der Waals surface area contributed by atoms with Gasteiger partial charge >= 0.3 is 0 Å². The van der Waals surface area contributed by atoms with Crippen LogP contribution in [0.5, 0.6) is 0 Å². The first-order valence-electron chi connectivity index (χ1n) is 10.9. The topological polar surface area (TPSA) is 79.9 Å². The van der Waals surface area contributed by atoms with Gasteiger partial charge in [-0.15, -0.1) is 0 Å². The van der Waals surface area contributed by atoms with E-state index in [-0.39, 0.29) is 17.9 Å². The first-order valence-corrected chi connectivity index (χ1v) is 10.9. The average molecular weight is 424 g/mol. The molecule has 2 N–H and O–H groups in total. The highest BCUT2D eigenvalue weighted by Crippen LogP contribution is 2.18. The third-order valence-corrected chi connectivity index (χ3v) is 5.63. The molecule has 4 rings (SSSR count). The predicted molar refractivity (Wildman–Crippen MR) is 118 cm³/mol. The Bertz CT molecular complexity index is 905. The van der Waals surface area contributed by atoms with Crippen LogP contribution in [-0.4, -0.2) is 62.3 Å². The largest absolute Gasteiger partial charge is 0.379 e. The molecule has 0 radical (unpaired) electrons. The molecule has 31 heavy (non-hydrogen) atoms. The van der Waals surface area contributed by atoms with Gasteiger partial charge in [0.15, 0.2) is 0 Å². The Morgan fingerprint density at radius 2 is 1.84 bits per heavy atom. The Morgan fingerprint density at radius 3 is 2.65 bits per heavy atom. The number of ether oxygens (including phenoxy) is 2. The summed E-state index contributed by atoms with van der Waals surface area (Å²) < 4.78 is 11.0. The zero-order valence-corrected chi connectivity index (χ0v) is 17.6. The van der Waals surface area contributed by atoms with E-state index in [0.29, 0.717) is 23.4 Å². The highest BCUT2D eigenvalue weighted by atomic mass is 16.5. The Kier molecular flexibility index (Phi) is 7.30. The van der Waals surface area contributed by atoms with E-state index in [2.05, 4.69) is 15.5 Å². The average Bonchev–Trinajstić information content (AvgIpc) is 3.32. The van der Waals surface area contributed by atoms with Crippen molar-refractivity contribution in [2.75, 3.05) is 44.8 Å². The molecule has 0 aromatic heterocycles. The number of hydrogen-bond acceptors (Lipinski definition) is 5. The fourth-order valence-electron chi connectivity index (χ4n) is 3.92. The Hall–Kier alpha value is -2.74. The van der Waals surface area contributed by atoms with E-state index < -0.39 is 0 Å². The van der Waals surface area contributed by atoms with Crippen LogP contribution in [0.2, 0.25) is 0 Å². The summed E-state index contributed by atoms with van der Waals surface area (Å²) in [7, 11) is 0. The summed E-state index contributed by atoms with van der Waals surface area (Å²) in [6, 6.07) is 14.7. The SMILES string of the molecule is O=C(Nc1ccccc1C(=O)NC[C@@H]1CCCO1)c1cccc(CN2CCOCC2)c1. The molecule has 0 unspecified atom stereocenters. The molecular weight excluding hydrogens is 394 g/mol. The Labute approximate surface area is 182 Å². The van der Waals surface area contributed by atoms with Gasteiger partial charge in [-0.1, -0.05) is 24.3 Å². The molecule has 2 heterocycles. The molecule has 164 valence electrons. The second-order valence-electron chi connectivity index (χ2n) is 7.93. The lowest BCUT2D eigenvalue weighted by Gasteiger charge is -2.26. The number of morpholine rings is 1. The summed E-state index contributed by atoms with van der Waals surface area (Å²) >= 11 is 0. The summed E-state index contributed by atoms with van der Waals surface area (Å²) in [5, 5.41) is 5.82. The van der Waals surface area contributed by atoms with Gasteiger partial charge in [-0.3, -0.25) is 14.5 Å². The number of carbonyl (C=O) groups is 2. The Morgan fingerprint density at radius 1 is 1.00 bits per heavy atom. The van der Waals surface area contributed by atoms with Crippen LogP contribution < -0.4 is 10.6 Å². The highest BCUT2D eigenvalue weighted by Gasteiger charge is 2.19. The maximum absolute atomic E-state index is 12.9. The maximum Gasteiger partial charge on any atom is 0.255 e. The van der Waals surface area contributed by atoms with Crippen LogP contribution in [0.1, 0.15) is 39.1 Å². The van der Waals surface area contributed by atoms with Crippen LogP contribution in [0.4, 0.5) is 5.69 Å². The normalized spacial score (nSPS) is 19.2. The summed E-state index contributed by atoms with van der Waals surface area (Å²) in [6.45, 7) is 5.28. The van der Waals surface area contributed by atoms with Gasteiger partial charge in [0.05, 0.1) is 30.6 Å². The second kappa shape index (κ2) is 10.5. The van der Waals surface area contributed by atoms with E-state index >= 15 is 0 Å². The number of nitrogens with zero attached hydrogens (tertiary/aromatic N) is 1. The zero-order chi connectivity index (χ0) is 21.5. The van der Waals surface area contributed by atoms with Gasteiger partial charge in [0.25, 0.3) is 11.8 Å². The minimum absolute atomic E-state index is 0.0694. The van der Waals surface area contributed by atoms with Gasteiger partial charge < -0.3 is 20.1 Å².